The van der Waals surface area contributed by atoms with Crippen LogP contribution >= 0.6 is 11.3 Å². The minimum atomic E-state index is -0.399. The van der Waals surface area contributed by atoms with Crippen molar-refractivity contribution in [1.29, 1.82) is 0 Å². The zero-order chi connectivity index (χ0) is 11.0. The Morgan fingerprint density at radius 1 is 1.47 bits per heavy atom. The molecule has 2 nitrogen and oxygen atoms in total. The van der Waals surface area contributed by atoms with Gasteiger partial charge in [-0.15, -0.1) is 11.3 Å². The normalized spacial score (nSPS) is 10.6. The molecule has 15 heavy (non-hydrogen) atoms. The van der Waals surface area contributed by atoms with Gasteiger partial charge in [-0.25, -0.2) is 4.39 Å². The number of rotatable bonds is 2. The van der Waals surface area contributed by atoms with Crippen molar-refractivity contribution >= 4 is 27.7 Å². The fourth-order valence-electron chi connectivity index (χ4n) is 1.51. The highest BCUT2D eigenvalue weighted by Crippen LogP contribution is 2.33. The van der Waals surface area contributed by atoms with Gasteiger partial charge in [0.15, 0.2) is 17.9 Å². The number of aryl methyl sites for hydroxylation is 1. The van der Waals surface area contributed by atoms with E-state index in [2.05, 4.69) is 0 Å². The Balaban J connectivity index is 2.79. The number of carbonyl (C=O) groups is 1. The summed E-state index contributed by atoms with van der Waals surface area (Å²) in [6, 6.07) is 3.03. The first-order valence-corrected chi connectivity index (χ1v) is 5.21. The summed E-state index contributed by atoms with van der Waals surface area (Å²) in [6.45, 7) is 1.85. The summed E-state index contributed by atoms with van der Waals surface area (Å²) in [5, 5.41) is 0.875. The average Bonchev–Trinajstić information content (AvgIpc) is 2.54. The Bertz CT molecular complexity index is 531. The van der Waals surface area contributed by atoms with Gasteiger partial charge in [0.25, 0.3) is 0 Å². The molecule has 0 spiro atoms. The van der Waals surface area contributed by atoms with Crippen molar-refractivity contribution in [2.75, 3.05) is 7.11 Å². The topological polar surface area (TPSA) is 26.3 Å². The number of halogens is 1. The Hall–Kier alpha value is -1.42. The van der Waals surface area contributed by atoms with Crippen LogP contribution in [-0.2, 0) is 0 Å². The molecule has 2 rings (SSSR count). The van der Waals surface area contributed by atoms with Gasteiger partial charge in [0.2, 0.25) is 0 Å². The quantitative estimate of drug-likeness (QED) is 0.732. The summed E-state index contributed by atoms with van der Waals surface area (Å²) in [6.07, 6.45) is 0.796. The second kappa shape index (κ2) is 3.62. The number of carbonyl (C=O) groups excluding carboxylic acids is 1. The van der Waals surface area contributed by atoms with Crippen molar-refractivity contribution in [2.45, 2.75) is 6.92 Å². The van der Waals surface area contributed by atoms with E-state index in [1.165, 1.54) is 24.5 Å². The standard InChI is InChI=1S/C11H9FO2S/c1-6-7-3-9(14-2)8(12)4-10(7)15-11(6)5-13/h3-5H,1-2H3. The third kappa shape index (κ3) is 1.51. The van der Waals surface area contributed by atoms with Crippen LogP contribution in [0.4, 0.5) is 4.39 Å². The Morgan fingerprint density at radius 3 is 2.80 bits per heavy atom. The van der Waals surface area contributed by atoms with Crippen LogP contribution in [0.1, 0.15) is 15.2 Å². The maximum Gasteiger partial charge on any atom is 0.166 e. The fourth-order valence-corrected chi connectivity index (χ4v) is 2.54. The lowest BCUT2D eigenvalue weighted by atomic mass is 10.1. The first-order chi connectivity index (χ1) is 7.17. The lowest BCUT2D eigenvalue weighted by Gasteiger charge is -2.01. The molecule has 0 radical (unpaired) electrons. The molecule has 0 aliphatic rings. The van der Waals surface area contributed by atoms with Gasteiger partial charge in [0.05, 0.1) is 12.0 Å². The Kier molecular flexibility index (Phi) is 2.44. The molecule has 0 saturated carbocycles. The van der Waals surface area contributed by atoms with E-state index in [1.807, 2.05) is 6.92 Å². The smallest absolute Gasteiger partial charge is 0.166 e. The van der Waals surface area contributed by atoms with E-state index >= 15 is 0 Å². The molecule has 1 aromatic heterocycles. The van der Waals surface area contributed by atoms with Crippen molar-refractivity contribution in [1.82, 2.24) is 0 Å². The van der Waals surface area contributed by atoms with Gasteiger partial charge in [-0.2, -0.15) is 0 Å². The minimum absolute atomic E-state index is 0.209. The van der Waals surface area contributed by atoms with Gasteiger partial charge < -0.3 is 4.74 Å². The number of hydrogen-bond acceptors (Lipinski definition) is 3. The predicted octanol–water partition coefficient (Wildman–Crippen LogP) is 3.17. The maximum absolute atomic E-state index is 13.4. The molecule has 2 aromatic rings. The van der Waals surface area contributed by atoms with Crippen LogP contribution in [0.2, 0.25) is 0 Å². The molecule has 4 heteroatoms. The molecule has 0 unspecified atom stereocenters. The molecule has 0 N–H and O–H groups in total. The first-order valence-electron chi connectivity index (χ1n) is 4.39. The first kappa shape index (κ1) is 10.1. The number of methoxy groups -OCH3 is 1. The molecule has 78 valence electrons. The summed E-state index contributed by atoms with van der Waals surface area (Å²) in [5.41, 5.74) is 0.878. The lowest BCUT2D eigenvalue weighted by Crippen LogP contribution is -1.87. The van der Waals surface area contributed by atoms with Crippen molar-refractivity contribution < 1.29 is 13.9 Å². The van der Waals surface area contributed by atoms with E-state index in [9.17, 15) is 9.18 Å². The monoisotopic (exact) mass is 224 g/mol. The Labute approximate surface area is 90.3 Å². The largest absolute Gasteiger partial charge is 0.494 e. The highest BCUT2D eigenvalue weighted by molar-refractivity contribution is 7.20. The second-order valence-electron chi connectivity index (χ2n) is 3.19. The molecule has 0 aliphatic carbocycles. The second-order valence-corrected chi connectivity index (χ2v) is 4.28. The predicted molar refractivity (Wildman–Crippen MR) is 58.5 cm³/mol. The van der Waals surface area contributed by atoms with E-state index in [1.54, 1.807) is 6.07 Å². The molecule has 0 bridgehead atoms. The van der Waals surface area contributed by atoms with E-state index in [-0.39, 0.29) is 5.75 Å². The van der Waals surface area contributed by atoms with Gasteiger partial charge in [-0.05, 0) is 30.0 Å². The van der Waals surface area contributed by atoms with Crippen LogP contribution in [0.3, 0.4) is 0 Å². The zero-order valence-corrected chi connectivity index (χ0v) is 9.15. The summed E-state index contributed by atoms with van der Waals surface area (Å²) >= 11 is 1.29. The van der Waals surface area contributed by atoms with E-state index in [0.29, 0.717) is 4.88 Å². The van der Waals surface area contributed by atoms with Crippen LogP contribution in [0.5, 0.6) is 5.75 Å². The number of fused-ring (bicyclic) bond motifs is 1. The number of hydrogen-bond donors (Lipinski definition) is 0. The Morgan fingerprint density at radius 2 is 2.20 bits per heavy atom. The highest BCUT2D eigenvalue weighted by Gasteiger charge is 2.11. The molecular weight excluding hydrogens is 215 g/mol. The molecule has 1 heterocycles. The number of aldehydes is 1. The molecular formula is C11H9FO2S. The van der Waals surface area contributed by atoms with Gasteiger partial charge in [0.1, 0.15) is 0 Å². The third-order valence-corrected chi connectivity index (χ3v) is 3.53. The number of ether oxygens (including phenoxy) is 1. The summed E-state index contributed by atoms with van der Waals surface area (Å²) < 4.78 is 19.0. The van der Waals surface area contributed by atoms with E-state index in [4.69, 9.17) is 4.74 Å². The van der Waals surface area contributed by atoms with Crippen molar-refractivity contribution in [3.63, 3.8) is 0 Å². The van der Waals surface area contributed by atoms with Crippen LogP contribution in [0, 0.1) is 12.7 Å². The van der Waals surface area contributed by atoms with Gasteiger partial charge >= 0.3 is 0 Å². The van der Waals surface area contributed by atoms with Gasteiger partial charge in [0, 0.05) is 4.70 Å². The maximum atomic E-state index is 13.4. The van der Waals surface area contributed by atoms with E-state index in [0.717, 1.165) is 21.9 Å². The zero-order valence-electron chi connectivity index (χ0n) is 8.33. The van der Waals surface area contributed by atoms with Crippen molar-refractivity contribution in [2.24, 2.45) is 0 Å². The summed E-state index contributed by atoms with van der Waals surface area (Å²) in [5.74, 6) is -0.190. The molecule has 0 aliphatic heterocycles. The molecule has 0 saturated heterocycles. The van der Waals surface area contributed by atoms with Gasteiger partial charge in [-0.1, -0.05) is 0 Å². The van der Waals surface area contributed by atoms with Crippen LogP contribution in [-0.4, -0.2) is 13.4 Å². The van der Waals surface area contributed by atoms with Crippen molar-refractivity contribution in [3.8, 4) is 5.75 Å². The summed E-state index contributed by atoms with van der Waals surface area (Å²) in [7, 11) is 1.42. The molecule has 0 amide bonds. The number of benzene rings is 1. The molecule has 1 aromatic carbocycles. The molecule has 0 atom stereocenters. The van der Waals surface area contributed by atoms with Crippen LogP contribution in [0.15, 0.2) is 12.1 Å². The van der Waals surface area contributed by atoms with Crippen LogP contribution < -0.4 is 4.74 Å². The number of thiophene rings is 1. The van der Waals surface area contributed by atoms with Crippen molar-refractivity contribution in [3.05, 3.63) is 28.4 Å². The summed E-state index contributed by atoms with van der Waals surface area (Å²) in [4.78, 5) is 11.4. The lowest BCUT2D eigenvalue weighted by molar-refractivity contribution is 0.112. The van der Waals surface area contributed by atoms with Crippen LogP contribution in [0.25, 0.3) is 10.1 Å². The minimum Gasteiger partial charge on any atom is -0.494 e. The molecule has 0 fully saturated rings. The van der Waals surface area contributed by atoms with E-state index < -0.39 is 5.82 Å². The van der Waals surface area contributed by atoms with Gasteiger partial charge in [-0.3, -0.25) is 4.79 Å². The fraction of sp³-hybridized carbons (Fsp3) is 0.182. The average molecular weight is 224 g/mol. The SMILES string of the molecule is COc1cc2c(C)c(C=O)sc2cc1F. The third-order valence-electron chi connectivity index (χ3n) is 2.35. The highest BCUT2D eigenvalue weighted by atomic mass is 32.1.